The zero-order valence-corrected chi connectivity index (χ0v) is 13.5. The van der Waals surface area contributed by atoms with Gasteiger partial charge in [-0.1, -0.05) is 18.2 Å². The van der Waals surface area contributed by atoms with Crippen molar-refractivity contribution in [2.75, 3.05) is 35.6 Å². The van der Waals surface area contributed by atoms with Crippen molar-refractivity contribution in [2.45, 2.75) is 6.42 Å². The van der Waals surface area contributed by atoms with Crippen LogP contribution in [0, 0.1) is 10.1 Å². The Morgan fingerprint density at radius 1 is 1.16 bits per heavy atom. The molecule has 1 amide bonds. The summed E-state index contributed by atoms with van der Waals surface area (Å²) >= 11 is 0. The number of nitrogens with one attached hydrogen (secondary N) is 3. The van der Waals surface area contributed by atoms with E-state index in [4.69, 9.17) is 4.74 Å². The highest BCUT2D eigenvalue weighted by Crippen LogP contribution is 2.37. The molecule has 0 radical (unpaired) electrons. The van der Waals surface area contributed by atoms with E-state index in [0.29, 0.717) is 23.7 Å². The van der Waals surface area contributed by atoms with Gasteiger partial charge in [0, 0.05) is 18.8 Å². The molecule has 25 heavy (non-hydrogen) atoms. The minimum Gasteiger partial charge on any atom is -0.481 e. The van der Waals surface area contributed by atoms with Gasteiger partial charge < -0.3 is 20.7 Å². The fourth-order valence-electron chi connectivity index (χ4n) is 2.51. The molecule has 2 aromatic carbocycles. The maximum absolute atomic E-state index is 11.4. The Kier molecular flexibility index (Phi) is 4.98. The summed E-state index contributed by atoms with van der Waals surface area (Å²) in [6.07, 6.45) is 0.770. The molecule has 1 aliphatic heterocycles. The van der Waals surface area contributed by atoms with Gasteiger partial charge in [0.25, 0.3) is 11.6 Å². The molecule has 130 valence electrons. The third-order valence-electron chi connectivity index (χ3n) is 3.70. The first-order chi connectivity index (χ1) is 12.1. The number of fused-ring (bicyclic) bond motifs is 1. The van der Waals surface area contributed by atoms with Crippen molar-refractivity contribution >= 4 is 28.7 Å². The van der Waals surface area contributed by atoms with Crippen LogP contribution in [0.3, 0.4) is 0 Å². The van der Waals surface area contributed by atoms with Crippen molar-refractivity contribution in [3.8, 4) is 5.75 Å². The van der Waals surface area contributed by atoms with Crippen LogP contribution in [0.1, 0.15) is 6.42 Å². The number of carbonyl (C=O) groups excluding carboxylic acids is 1. The van der Waals surface area contributed by atoms with E-state index in [1.807, 2.05) is 30.3 Å². The Morgan fingerprint density at radius 3 is 2.68 bits per heavy atom. The van der Waals surface area contributed by atoms with Gasteiger partial charge in [0.15, 0.2) is 12.4 Å². The minimum absolute atomic E-state index is 0.0779. The number of hydrogen-bond acceptors (Lipinski definition) is 6. The second-order valence-corrected chi connectivity index (χ2v) is 5.53. The Bertz CT molecular complexity index is 780. The van der Waals surface area contributed by atoms with Crippen LogP contribution in [0.2, 0.25) is 0 Å². The topological polar surface area (TPSA) is 106 Å². The SMILES string of the molecule is O=C1COc2cc([N+](=O)[O-])c(NCCCNc3ccccc3)cc2N1. The summed E-state index contributed by atoms with van der Waals surface area (Å²) in [5, 5.41) is 20.2. The molecule has 1 aliphatic rings. The van der Waals surface area contributed by atoms with Crippen LogP contribution >= 0.6 is 0 Å². The lowest BCUT2D eigenvalue weighted by atomic mass is 10.2. The number of nitro groups is 1. The summed E-state index contributed by atoms with van der Waals surface area (Å²) in [6, 6.07) is 12.7. The third-order valence-corrected chi connectivity index (χ3v) is 3.70. The van der Waals surface area contributed by atoms with Crippen LogP contribution in [0.5, 0.6) is 5.75 Å². The lowest BCUT2D eigenvalue weighted by Gasteiger charge is -2.19. The monoisotopic (exact) mass is 342 g/mol. The summed E-state index contributed by atoms with van der Waals surface area (Å²) in [6.45, 7) is 1.14. The highest BCUT2D eigenvalue weighted by Gasteiger charge is 2.23. The molecule has 8 nitrogen and oxygen atoms in total. The second kappa shape index (κ2) is 7.52. The first-order valence-corrected chi connectivity index (χ1v) is 7.91. The zero-order valence-electron chi connectivity index (χ0n) is 13.5. The van der Waals surface area contributed by atoms with Crippen molar-refractivity contribution in [3.05, 3.63) is 52.6 Å². The number of nitro benzene ring substituents is 1. The van der Waals surface area contributed by atoms with Crippen molar-refractivity contribution in [2.24, 2.45) is 0 Å². The number of para-hydroxylation sites is 1. The number of ether oxygens (including phenoxy) is 1. The van der Waals surface area contributed by atoms with Crippen LogP contribution in [-0.2, 0) is 4.79 Å². The molecule has 0 aliphatic carbocycles. The number of benzene rings is 2. The normalized spacial score (nSPS) is 12.6. The summed E-state index contributed by atoms with van der Waals surface area (Å²) < 4.78 is 5.22. The average Bonchev–Trinajstić information content (AvgIpc) is 2.61. The summed E-state index contributed by atoms with van der Waals surface area (Å²) in [7, 11) is 0. The quantitative estimate of drug-likeness (QED) is 0.406. The predicted molar refractivity (Wildman–Crippen MR) is 95.3 cm³/mol. The number of carbonyl (C=O) groups is 1. The van der Waals surface area contributed by atoms with E-state index in [9.17, 15) is 14.9 Å². The van der Waals surface area contributed by atoms with E-state index in [2.05, 4.69) is 16.0 Å². The Labute approximate surface area is 144 Å². The fraction of sp³-hybridized carbons (Fsp3) is 0.235. The third kappa shape index (κ3) is 4.17. The van der Waals surface area contributed by atoms with Crippen molar-refractivity contribution in [1.29, 1.82) is 0 Å². The van der Waals surface area contributed by atoms with E-state index in [-0.39, 0.29) is 18.2 Å². The molecule has 0 bridgehead atoms. The minimum atomic E-state index is -0.468. The largest absolute Gasteiger partial charge is 0.481 e. The van der Waals surface area contributed by atoms with Gasteiger partial charge in [-0.2, -0.15) is 0 Å². The molecule has 8 heteroatoms. The van der Waals surface area contributed by atoms with Gasteiger partial charge in [0.2, 0.25) is 0 Å². The second-order valence-electron chi connectivity index (χ2n) is 5.53. The highest BCUT2D eigenvalue weighted by molar-refractivity contribution is 5.96. The van der Waals surface area contributed by atoms with Gasteiger partial charge in [0.1, 0.15) is 5.69 Å². The Morgan fingerprint density at radius 2 is 1.92 bits per heavy atom. The number of hydrogen-bond donors (Lipinski definition) is 3. The van der Waals surface area contributed by atoms with Crippen molar-refractivity contribution in [1.82, 2.24) is 0 Å². The van der Waals surface area contributed by atoms with E-state index < -0.39 is 4.92 Å². The van der Waals surface area contributed by atoms with Crippen LogP contribution < -0.4 is 20.7 Å². The van der Waals surface area contributed by atoms with Gasteiger partial charge in [-0.3, -0.25) is 14.9 Å². The van der Waals surface area contributed by atoms with Crippen molar-refractivity contribution in [3.63, 3.8) is 0 Å². The first kappa shape index (κ1) is 16.6. The van der Waals surface area contributed by atoms with Gasteiger partial charge in [-0.05, 0) is 24.6 Å². The van der Waals surface area contributed by atoms with E-state index in [0.717, 1.165) is 18.7 Å². The van der Waals surface area contributed by atoms with E-state index >= 15 is 0 Å². The molecule has 0 aromatic heterocycles. The molecule has 3 N–H and O–H groups in total. The van der Waals surface area contributed by atoms with E-state index in [1.165, 1.54) is 12.1 Å². The van der Waals surface area contributed by atoms with Gasteiger partial charge >= 0.3 is 0 Å². The Hall–Kier alpha value is -3.29. The van der Waals surface area contributed by atoms with Crippen LogP contribution in [0.25, 0.3) is 0 Å². The molecule has 0 unspecified atom stereocenters. The zero-order chi connectivity index (χ0) is 17.6. The highest BCUT2D eigenvalue weighted by atomic mass is 16.6. The molecule has 0 fully saturated rings. The molecular formula is C17H18N4O4. The number of rotatable bonds is 7. The maximum Gasteiger partial charge on any atom is 0.296 e. The first-order valence-electron chi connectivity index (χ1n) is 7.91. The smallest absolute Gasteiger partial charge is 0.296 e. The number of nitrogens with zero attached hydrogens (tertiary/aromatic N) is 1. The predicted octanol–water partition coefficient (Wildman–Crippen LogP) is 2.84. The van der Waals surface area contributed by atoms with Crippen LogP contribution in [0.4, 0.5) is 22.7 Å². The van der Waals surface area contributed by atoms with Gasteiger partial charge in [-0.15, -0.1) is 0 Å². The number of anilines is 3. The standard InChI is InChI=1S/C17H18N4O4/c22-17-11-25-16-10-15(21(23)24)13(9-14(16)20-17)19-8-4-7-18-12-5-2-1-3-6-12/h1-3,5-6,9-10,18-19H,4,7-8,11H2,(H,20,22). The van der Waals surface area contributed by atoms with Crippen molar-refractivity contribution < 1.29 is 14.5 Å². The average molecular weight is 342 g/mol. The van der Waals surface area contributed by atoms with Crippen LogP contribution in [-0.4, -0.2) is 30.5 Å². The van der Waals surface area contributed by atoms with Gasteiger partial charge in [-0.25, -0.2) is 0 Å². The van der Waals surface area contributed by atoms with E-state index in [1.54, 1.807) is 0 Å². The molecule has 0 spiro atoms. The molecular weight excluding hydrogens is 324 g/mol. The molecule has 2 aromatic rings. The molecule has 1 heterocycles. The summed E-state index contributed by atoms with van der Waals surface area (Å²) in [5.41, 5.74) is 1.74. The lowest BCUT2D eigenvalue weighted by Crippen LogP contribution is -2.25. The lowest BCUT2D eigenvalue weighted by molar-refractivity contribution is -0.384. The molecule has 0 saturated carbocycles. The fourth-order valence-corrected chi connectivity index (χ4v) is 2.51. The molecule has 0 saturated heterocycles. The summed E-state index contributed by atoms with van der Waals surface area (Å²) in [5.74, 6) is 0.0296. The Balaban J connectivity index is 1.60. The van der Waals surface area contributed by atoms with Crippen LogP contribution in [0.15, 0.2) is 42.5 Å². The number of amides is 1. The maximum atomic E-state index is 11.4. The summed E-state index contributed by atoms with van der Waals surface area (Å²) in [4.78, 5) is 22.2. The van der Waals surface area contributed by atoms with Gasteiger partial charge in [0.05, 0.1) is 16.7 Å². The molecule has 0 atom stereocenters. The molecule has 3 rings (SSSR count).